The quantitative estimate of drug-likeness (QED) is 0.770. The van der Waals surface area contributed by atoms with Crippen LogP contribution in [0, 0.1) is 5.92 Å². The van der Waals surface area contributed by atoms with Crippen LogP contribution in [-0.4, -0.2) is 23.3 Å². The lowest BCUT2D eigenvalue weighted by Gasteiger charge is -2.37. The molecule has 4 nitrogen and oxygen atoms in total. The van der Waals surface area contributed by atoms with E-state index in [0.29, 0.717) is 12.5 Å². The molecule has 0 aliphatic carbocycles. The molecule has 2 heterocycles. The van der Waals surface area contributed by atoms with Crippen molar-refractivity contribution in [1.29, 1.82) is 0 Å². The third-order valence-corrected chi connectivity index (χ3v) is 4.13. The van der Waals surface area contributed by atoms with Gasteiger partial charge in [-0.2, -0.15) is 0 Å². The molecular weight excluding hydrogens is 236 g/mol. The van der Waals surface area contributed by atoms with Gasteiger partial charge in [-0.25, -0.2) is 0 Å². The van der Waals surface area contributed by atoms with E-state index in [-0.39, 0.29) is 6.04 Å². The number of nitrogens with zero attached hydrogens (tertiary/aromatic N) is 1. The van der Waals surface area contributed by atoms with Crippen molar-refractivity contribution >= 4 is 23.2 Å². The van der Waals surface area contributed by atoms with Crippen LogP contribution >= 0.6 is 11.3 Å². The lowest BCUT2D eigenvalue weighted by molar-refractivity contribution is -0.147. The first kappa shape index (κ1) is 12.1. The zero-order valence-corrected chi connectivity index (χ0v) is 10.6. The Labute approximate surface area is 104 Å². The van der Waals surface area contributed by atoms with Gasteiger partial charge in [-0.1, -0.05) is 13.0 Å². The number of carbonyl (C=O) groups excluding carboxylic acids is 2. The average molecular weight is 252 g/mol. The van der Waals surface area contributed by atoms with Gasteiger partial charge >= 0.3 is 11.8 Å². The van der Waals surface area contributed by atoms with Gasteiger partial charge in [0, 0.05) is 11.4 Å². The number of nitrogens with two attached hydrogens (primary N) is 1. The summed E-state index contributed by atoms with van der Waals surface area (Å²) in [6.45, 7) is 2.70. The fraction of sp³-hybridized carbons (Fsp3) is 0.500. The van der Waals surface area contributed by atoms with E-state index in [1.807, 2.05) is 17.5 Å². The van der Waals surface area contributed by atoms with E-state index >= 15 is 0 Å². The average Bonchev–Trinajstić information content (AvgIpc) is 2.81. The standard InChI is InChI=1S/C12H16N2O2S/c1-8-4-5-9(10-3-2-6-17-10)14(7-8)12(16)11(13)15/h2-3,6,8-9H,4-5,7H2,1H3,(H2,13,15)/t8-,9+/m0/s1. The Hall–Kier alpha value is -1.36. The summed E-state index contributed by atoms with van der Waals surface area (Å²) in [4.78, 5) is 25.6. The highest BCUT2D eigenvalue weighted by atomic mass is 32.1. The highest BCUT2D eigenvalue weighted by Crippen LogP contribution is 2.35. The summed E-state index contributed by atoms with van der Waals surface area (Å²) in [6.07, 6.45) is 1.98. The molecule has 0 spiro atoms. The number of hydrogen-bond donors (Lipinski definition) is 1. The highest BCUT2D eigenvalue weighted by Gasteiger charge is 2.33. The maximum atomic E-state index is 11.8. The topological polar surface area (TPSA) is 63.4 Å². The maximum Gasteiger partial charge on any atom is 0.312 e. The first-order valence-corrected chi connectivity index (χ1v) is 6.61. The largest absolute Gasteiger partial charge is 0.361 e. The Balaban J connectivity index is 2.23. The van der Waals surface area contributed by atoms with Crippen molar-refractivity contribution < 1.29 is 9.59 Å². The predicted octanol–water partition coefficient (Wildman–Crippen LogP) is 1.53. The summed E-state index contributed by atoms with van der Waals surface area (Å²) >= 11 is 1.62. The normalized spacial score (nSPS) is 24.6. The minimum absolute atomic E-state index is 0.0196. The molecule has 2 amide bonds. The molecule has 1 aliphatic rings. The number of primary amides is 1. The van der Waals surface area contributed by atoms with Gasteiger partial charge in [0.1, 0.15) is 0 Å². The summed E-state index contributed by atoms with van der Waals surface area (Å²) < 4.78 is 0. The van der Waals surface area contributed by atoms with Crippen LogP contribution in [0.15, 0.2) is 17.5 Å². The second kappa shape index (κ2) is 4.87. The van der Waals surface area contributed by atoms with Crippen LogP contribution in [0.1, 0.15) is 30.7 Å². The molecule has 2 rings (SSSR count). The van der Waals surface area contributed by atoms with Crippen molar-refractivity contribution in [3.63, 3.8) is 0 Å². The molecule has 0 aromatic carbocycles. The summed E-state index contributed by atoms with van der Waals surface area (Å²) in [5, 5.41) is 1.99. The monoisotopic (exact) mass is 252 g/mol. The summed E-state index contributed by atoms with van der Waals surface area (Å²) in [5.74, 6) is -0.995. The molecule has 2 N–H and O–H groups in total. The van der Waals surface area contributed by atoms with Gasteiger partial charge in [-0.15, -0.1) is 11.3 Å². The predicted molar refractivity (Wildman–Crippen MR) is 66.4 cm³/mol. The van der Waals surface area contributed by atoms with Crippen LogP contribution < -0.4 is 5.73 Å². The van der Waals surface area contributed by atoms with Crippen molar-refractivity contribution in [1.82, 2.24) is 4.90 Å². The van der Waals surface area contributed by atoms with Gasteiger partial charge in [0.2, 0.25) is 0 Å². The first-order chi connectivity index (χ1) is 8.09. The minimum atomic E-state index is -0.861. The third kappa shape index (κ3) is 2.49. The molecule has 1 fully saturated rings. The molecule has 1 aromatic rings. The van der Waals surface area contributed by atoms with Crippen LogP contribution in [0.4, 0.5) is 0 Å². The molecule has 0 bridgehead atoms. The van der Waals surface area contributed by atoms with Crippen LogP contribution in [0.3, 0.4) is 0 Å². The van der Waals surface area contributed by atoms with E-state index in [4.69, 9.17) is 5.73 Å². The van der Waals surface area contributed by atoms with Gasteiger partial charge in [0.05, 0.1) is 6.04 Å². The van der Waals surface area contributed by atoms with E-state index in [1.54, 1.807) is 16.2 Å². The Kier molecular flexibility index (Phi) is 3.47. The highest BCUT2D eigenvalue weighted by molar-refractivity contribution is 7.10. The fourth-order valence-corrected chi connectivity index (χ4v) is 3.17. The Morgan fingerprint density at radius 1 is 1.47 bits per heavy atom. The van der Waals surface area contributed by atoms with Crippen molar-refractivity contribution in [3.05, 3.63) is 22.4 Å². The number of carbonyl (C=O) groups is 2. The van der Waals surface area contributed by atoms with Gasteiger partial charge in [-0.05, 0) is 30.2 Å². The number of amides is 2. The Bertz CT molecular complexity index is 416. The second-order valence-corrected chi connectivity index (χ2v) is 5.51. The van der Waals surface area contributed by atoms with Gasteiger partial charge in [-0.3, -0.25) is 9.59 Å². The van der Waals surface area contributed by atoms with E-state index < -0.39 is 11.8 Å². The number of likely N-dealkylation sites (tertiary alicyclic amines) is 1. The Morgan fingerprint density at radius 2 is 2.24 bits per heavy atom. The number of thiophene rings is 1. The lowest BCUT2D eigenvalue weighted by atomic mass is 9.93. The summed E-state index contributed by atoms with van der Waals surface area (Å²) in [7, 11) is 0. The molecule has 0 saturated carbocycles. The molecule has 92 valence electrons. The van der Waals surface area contributed by atoms with Crippen LogP contribution in [0.25, 0.3) is 0 Å². The molecule has 1 aromatic heterocycles. The van der Waals surface area contributed by atoms with E-state index in [2.05, 4.69) is 6.92 Å². The van der Waals surface area contributed by atoms with Crippen LogP contribution in [0.5, 0.6) is 0 Å². The summed E-state index contributed by atoms with van der Waals surface area (Å²) in [6, 6.07) is 3.99. The zero-order valence-electron chi connectivity index (χ0n) is 9.76. The van der Waals surface area contributed by atoms with Crippen LogP contribution in [0.2, 0.25) is 0 Å². The molecule has 1 aliphatic heterocycles. The van der Waals surface area contributed by atoms with Crippen LogP contribution in [-0.2, 0) is 9.59 Å². The van der Waals surface area contributed by atoms with Crippen molar-refractivity contribution in [2.75, 3.05) is 6.54 Å². The van der Waals surface area contributed by atoms with E-state index in [9.17, 15) is 9.59 Å². The number of hydrogen-bond acceptors (Lipinski definition) is 3. The molecular formula is C12H16N2O2S. The third-order valence-electron chi connectivity index (χ3n) is 3.16. The number of piperidine rings is 1. The zero-order chi connectivity index (χ0) is 12.4. The smallest absolute Gasteiger partial charge is 0.312 e. The SMILES string of the molecule is C[C@H]1CC[C@H](c2cccs2)N(C(=O)C(N)=O)C1. The molecule has 1 saturated heterocycles. The molecule has 5 heteroatoms. The Morgan fingerprint density at radius 3 is 2.82 bits per heavy atom. The van der Waals surface area contributed by atoms with Crippen molar-refractivity contribution in [2.24, 2.45) is 11.7 Å². The van der Waals surface area contributed by atoms with Crippen molar-refractivity contribution in [3.8, 4) is 0 Å². The lowest BCUT2D eigenvalue weighted by Crippen LogP contribution is -2.46. The van der Waals surface area contributed by atoms with E-state index in [1.165, 1.54) is 0 Å². The minimum Gasteiger partial charge on any atom is -0.361 e. The molecule has 0 unspecified atom stereocenters. The van der Waals surface area contributed by atoms with Gasteiger partial charge in [0.25, 0.3) is 0 Å². The molecule has 2 atom stereocenters. The fourth-order valence-electron chi connectivity index (χ4n) is 2.30. The van der Waals surface area contributed by atoms with E-state index in [0.717, 1.165) is 17.7 Å². The van der Waals surface area contributed by atoms with Gasteiger partial charge < -0.3 is 10.6 Å². The summed E-state index contributed by atoms with van der Waals surface area (Å²) in [5.41, 5.74) is 5.10. The second-order valence-electron chi connectivity index (χ2n) is 4.54. The number of rotatable bonds is 1. The molecule has 0 radical (unpaired) electrons. The maximum absolute atomic E-state index is 11.8. The van der Waals surface area contributed by atoms with Crippen molar-refractivity contribution in [2.45, 2.75) is 25.8 Å². The molecule has 17 heavy (non-hydrogen) atoms. The first-order valence-electron chi connectivity index (χ1n) is 5.73. The van der Waals surface area contributed by atoms with Gasteiger partial charge in [0.15, 0.2) is 0 Å².